The number of hydrogen-bond donors (Lipinski definition) is 0. The molecule has 0 aliphatic carbocycles. The first-order valence-electron chi connectivity index (χ1n) is 5.28. The van der Waals surface area contributed by atoms with Crippen LogP contribution < -0.4 is 0 Å². The van der Waals surface area contributed by atoms with Gasteiger partial charge in [0.2, 0.25) is 0 Å². The molecule has 0 bridgehead atoms. The molecule has 0 spiro atoms. The zero-order chi connectivity index (χ0) is 12.4. The van der Waals surface area contributed by atoms with Gasteiger partial charge in [0.15, 0.2) is 0 Å². The topological polar surface area (TPSA) is 33.2 Å². The van der Waals surface area contributed by atoms with Crippen molar-refractivity contribution in [3.63, 3.8) is 0 Å². The maximum atomic E-state index is 12.2. The van der Waals surface area contributed by atoms with E-state index in [1.54, 1.807) is 21.7 Å². The first-order valence-corrected chi connectivity index (χ1v) is 7.04. The summed E-state index contributed by atoms with van der Waals surface area (Å²) < 4.78 is 0. The van der Waals surface area contributed by atoms with Crippen LogP contribution in [0.1, 0.15) is 25.8 Å². The minimum Gasteiger partial charge on any atom is -0.336 e. The molecule has 0 saturated carbocycles. The number of amides is 1. The molecule has 0 fully saturated rings. The molecule has 3 nitrogen and oxygen atoms in total. The summed E-state index contributed by atoms with van der Waals surface area (Å²) in [5.41, 5.74) is 3.78. The normalized spacial score (nSPS) is 10.5. The minimum atomic E-state index is 0.0535. The van der Waals surface area contributed by atoms with Crippen molar-refractivity contribution in [2.75, 3.05) is 7.05 Å². The fourth-order valence-corrected chi connectivity index (χ4v) is 3.29. The van der Waals surface area contributed by atoms with Gasteiger partial charge in [-0.1, -0.05) is 0 Å². The van der Waals surface area contributed by atoms with Crippen LogP contribution in [0.3, 0.4) is 0 Å². The summed E-state index contributed by atoms with van der Waals surface area (Å²) in [6, 6.07) is 2.08. The van der Waals surface area contributed by atoms with Crippen LogP contribution in [0.4, 0.5) is 0 Å². The number of thiophene rings is 1. The summed E-state index contributed by atoms with van der Waals surface area (Å²) in [5.74, 6) is 0.0535. The molecule has 2 aromatic rings. The Balaban J connectivity index is 2.11. The van der Waals surface area contributed by atoms with Gasteiger partial charge in [0.25, 0.3) is 5.91 Å². The fraction of sp³-hybridized carbons (Fsp3) is 0.333. The summed E-state index contributed by atoms with van der Waals surface area (Å²) in [5, 5.41) is 2.06. The Labute approximate surface area is 109 Å². The predicted octanol–water partition coefficient (Wildman–Crippen LogP) is 3.09. The van der Waals surface area contributed by atoms with Crippen molar-refractivity contribution in [2.24, 2.45) is 0 Å². The first-order chi connectivity index (χ1) is 8.09. The number of aromatic nitrogens is 1. The van der Waals surface area contributed by atoms with Crippen LogP contribution in [-0.4, -0.2) is 22.8 Å². The largest absolute Gasteiger partial charge is 0.336 e. The molecule has 0 aromatic carbocycles. The number of rotatable bonds is 3. The molecule has 0 aliphatic heterocycles. The first kappa shape index (κ1) is 12.3. The molecule has 2 heterocycles. The second-order valence-electron chi connectivity index (χ2n) is 3.95. The van der Waals surface area contributed by atoms with Gasteiger partial charge in [-0.15, -0.1) is 22.7 Å². The van der Waals surface area contributed by atoms with Gasteiger partial charge in [-0.25, -0.2) is 4.98 Å². The van der Waals surface area contributed by atoms with Crippen LogP contribution >= 0.6 is 22.7 Å². The Morgan fingerprint density at radius 3 is 2.71 bits per heavy atom. The fourth-order valence-electron chi connectivity index (χ4n) is 1.53. The lowest BCUT2D eigenvalue weighted by Gasteiger charge is -2.16. The van der Waals surface area contributed by atoms with Crippen molar-refractivity contribution in [3.8, 4) is 0 Å². The Morgan fingerprint density at radius 1 is 1.41 bits per heavy atom. The highest BCUT2D eigenvalue weighted by Crippen LogP contribution is 2.20. The number of thiazole rings is 1. The van der Waals surface area contributed by atoms with Crippen molar-refractivity contribution < 1.29 is 4.79 Å². The minimum absolute atomic E-state index is 0.0535. The average Bonchev–Trinajstić information content (AvgIpc) is 2.88. The van der Waals surface area contributed by atoms with E-state index in [4.69, 9.17) is 0 Å². The van der Waals surface area contributed by atoms with Gasteiger partial charge in [0.05, 0.1) is 17.7 Å². The lowest BCUT2D eigenvalue weighted by molar-refractivity contribution is 0.0790. The standard InChI is InChI=1S/C12H14N2OS2/c1-8-4-5-16-10(8)6-14(3)12(15)11-9(2)13-7-17-11/h4-5,7H,6H2,1-3H3. The van der Waals surface area contributed by atoms with Crippen molar-refractivity contribution in [2.45, 2.75) is 20.4 Å². The summed E-state index contributed by atoms with van der Waals surface area (Å²) in [6.45, 7) is 4.61. The predicted molar refractivity (Wildman–Crippen MR) is 71.7 cm³/mol. The van der Waals surface area contributed by atoms with Crippen LogP contribution in [0.25, 0.3) is 0 Å². The van der Waals surface area contributed by atoms with Crippen LogP contribution in [-0.2, 0) is 6.54 Å². The third kappa shape index (κ3) is 2.56. The number of hydrogen-bond acceptors (Lipinski definition) is 4. The van der Waals surface area contributed by atoms with Crippen LogP contribution in [0.15, 0.2) is 17.0 Å². The van der Waals surface area contributed by atoms with E-state index in [1.165, 1.54) is 21.8 Å². The average molecular weight is 266 g/mol. The van der Waals surface area contributed by atoms with E-state index < -0.39 is 0 Å². The summed E-state index contributed by atoms with van der Waals surface area (Å²) in [6.07, 6.45) is 0. The van der Waals surface area contributed by atoms with E-state index in [0.717, 1.165) is 10.6 Å². The number of carbonyl (C=O) groups is 1. The molecule has 0 radical (unpaired) electrons. The lowest BCUT2D eigenvalue weighted by Crippen LogP contribution is -2.25. The zero-order valence-corrected chi connectivity index (χ0v) is 11.7. The monoisotopic (exact) mass is 266 g/mol. The number of carbonyl (C=O) groups excluding carboxylic acids is 1. The summed E-state index contributed by atoms with van der Waals surface area (Å²) >= 11 is 3.09. The summed E-state index contributed by atoms with van der Waals surface area (Å²) in [7, 11) is 1.83. The number of nitrogens with zero attached hydrogens (tertiary/aromatic N) is 2. The molecule has 0 N–H and O–H groups in total. The van der Waals surface area contributed by atoms with Gasteiger partial charge < -0.3 is 4.90 Å². The van der Waals surface area contributed by atoms with E-state index in [-0.39, 0.29) is 5.91 Å². The van der Waals surface area contributed by atoms with Gasteiger partial charge in [-0.2, -0.15) is 0 Å². The van der Waals surface area contributed by atoms with Crippen molar-refractivity contribution in [1.29, 1.82) is 0 Å². The molecule has 5 heteroatoms. The molecule has 17 heavy (non-hydrogen) atoms. The van der Waals surface area contributed by atoms with Gasteiger partial charge in [-0.05, 0) is 30.9 Å². The maximum Gasteiger partial charge on any atom is 0.265 e. The molecule has 0 saturated heterocycles. The second kappa shape index (κ2) is 4.98. The van der Waals surface area contributed by atoms with Gasteiger partial charge in [-0.3, -0.25) is 4.79 Å². The molecule has 90 valence electrons. The SMILES string of the molecule is Cc1ccsc1CN(C)C(=O)c1scnc1C. The van der Waals surface area contributed by atoms with Crippen molar-refractivity contribution in [3.05, 3.63) is 38.0 Å². The Morgan fingerprint density at radius 2 is 2.18 bits per heavy atom. The van der Waals surface area contributed by atoms with Gasteiger partial charge in [0.1, 0.15) is 4.88 Å². The Hall–Kier alpha value is -1.20. The van der Waals surface area contributed by atoms with E-state index in [2.05, 4.69) is 23.4 Å². The van der Waals surface area contributed by atoms with E-state index >= 15 is 0 Å². The Bertz CT molecular complexity index is 530. The summed E-state index contributed by atoms with van der Waals surface area (Å²) in [4.78, 5) is 20.0. The van der Waals surface area contributed by atoms with E-state index in [9.17, 15) is 4.79 Å². The molecule has 2 rings (SSSR count). The maximum absolute atomic E-state index is 12.2. The number of aryl methyl sites for hydroxylation is 2. The van der Waals surface area contributed by atoms with E-state index in [1.807, 2.05) is 14.0 Å². The molecule has 1 amide bonds. The molecule has 0 aliphatic rings. The van der Waals surface area contributed by atoms with Crippen molar-refractivity contribution in [1.82, 2.24) is 9.88 Å². The quantitative estimate of drug-likeness (QED) is 0.855. The zero-order valence-electron chi connectivity index (χ0n) is 10.1. The highest BCUT2D eigenvalue weighted by atomic mass is 32.1. The third-order valence-corrected chi connectivity index (χ3v) is 4.56. The molecular formula is C12H14N2OS2. The highest BCUT2D eigenvalue weighted by molar-refractivity contribution is 7.12. The van der Waals surface area contributed by atoms with Crippen LogP contribution in [0.5, 0.6) is 0 Å². The second-order valence-corrected chi connectivity index (χ2v) is 5.81. The highest BCUT2D eigenvalue weighted by Gasteiger charge is 2.17. The van der Waals surface area contributed by atoms with Crippen molar-refractivity contribution >= 4 is 28.6 Å². The molecule has 2 aromatic heterocycles. The Kier molecular flexibility index (Phi) is 3.59. The third-order valence-electron chi connectivity index (χ3n) is 2.64. The van der Waals surface area contributed by atoms with Gasteiger partial charge >= 0.3 is 0 Å². The van der Waals surface area contributed by atoms with E-state index in [0.29, 0.717) is 6.54 Å². The molecular weight excluding hydrogens is 252 g/mol. The van der Waals surface area contributed by atoms with Crippen LogP contribution in [0.2, 0.25) is 0 Å². The van der Waals surface area contributed by atoms with Crippen LogP contribution in [0, 0.1) is 13.8 Å². The van der Waals surface area contributed by atoms with Gasteiger partial charge in [0, 0.05) is 11.9 Å². The molecule has 0 atom stereocenters. The molecule has 0 unspecified atom stereocenters. The smallest absolute Gasteiger partial charge is 0.265 e. The lowest BCUT2D eigenvalue weighted by atomic mass is 10.2.